The van der Waals surface area contributed by atoms with Crippen molar-refractivity contribution < 1.29 is 19.6 Å². The van der Waals surface area contributed by atoms with Crippen LogP contribution in [0.5, 0.6) is 5.75 Å². The fourth-order valence-corrected chi connectivity index (χ4v) is 4.09. The third-order valence-electron chi connectivity index (χ3n) is 4.49. The number of amides is 2. The second kappa shape index (κ2) is 10.4. The number of nitrogens with zero attached hydrogens (tertiary/aromatic N) is 2. The number of carbonyl (C=O) groups excluding carboxylic acids is 2. The molecule has 0 aliphatic carbocycles. The number of nitro benzene ring substituents is 1. The van der Waals surface area contributed by atoms with E-state index < -0.39 is 16.7 Å². The maximum atomic E-state index is 12.6. The zero-order chi connectivity index (χ0) is 24.1. The molecule has 3 aromatic rings. The number of hydrazone groups is 1. The van der Waals surface area contributed by atoms with E-state index in [1.165, 1.54) is 30.5 Å². The minimum atomic E-state index is -0.557. The van der Waals surface area contributed by atoms with Gasteiger partial charge in [0.15, 0.2) is 0 Å². The van der Waals surface area contributed by atoms with Crippen LogP contribution in [0.1, 0.15) is 31.8 Å². The zero-order valence-corrected chi connectivity index (χ0v) is 20.2. The van der Waals surface area contributed by atoms with Gasteiger partial charge in [0.05, 0.1) is 31.3 Å². The van der Waals surface area contributed by atoms with Gasteiger partial charge in [-0.1, -0.05) is 12.1 Å². The molecule has 0 saturated carbocycles. The van der Waals surface area contributed by atoms with Crippen LogP contribution < -0.4 is 10.7 Å². The van der Waals surface area contributed by atoms with Crippen LogP contribution in [0.2, 0.25) is 0 Å². The van der Waals surface area contributed by atoms with Gasteiger partial charge in [-0.15, -0.1) is 0 Å². The van der Waals surface area contributed by atoms with Gasteiger partial charge in [-0.25, -0.2) is 5.43 Å². The van der Waals surface area contributed by atoms with Crippen LogP contribution in [0, 0.1) is 17.0 Å². The van der Waals surface area contributed by atoms with Gasteiger partial charge in [0.2, 0.25) is 0 Å². The summed E-state index contributed by atoms with van der Waals surface area (Å²) in [7, 11) is 0. The molecule has 11 heteroatoms. The Kier molecular flexibility index (Phi) is 7.56. The molecule has 33 heavy (non-hydrogen) atoms. The van der Waals surface area contributed by atoms with Crippen molar-refractivity contribution in [1.82, 2.24) is 5.43 Å². The van der Waals surface area contributed by atoms with Gasteiger partial charge in [-0.3, -0.25) is 19.7 Å². The SMILES string of the molecule is Cc1cc(C(=O)Nc2ccccc2C(=O)N/N=C/c2cc(Br)c(O)c(Br)c2)ccc1[N+](=O)[O-]. The van der Waals surface area contributed by atoms with Gasteiger partial charge < -0.3 is 10.4 Å². The average Bonchev–Trinajstić information content (AvgIpc) is 2.77. The molecule has 0 radical (unpaired) electrons. The number of hydrogen-bond acceptors (Lipinski definition) is 6. The molecule has 0 aromatic heterocycles. The van der Waals surface area contributed by atoms with Gasteiger partial charge in [-0.2, -0.15) is 5.10 Å². The number of hydrogen-bond donors (Lipinski definition) is 3. The maximum Gasteiger partial charge on any atom is 0.273 e. The summed E-state index contributed by atoms with van der Waals surface area (Å²) in [4.78, 5) is 35.7. The molecule has 0 atom stereocenters. The van der Waals surface area contributed by atoms with E-state index >= 15 is 0 Å². The molecule has 0 aliphatic rings. The molecule has 9 nitrogen and oxygen atoms in total. The molecule has 0 aliphatic heterocycles. The van der Waals surface area contributed by atoms with E-state index in [4.69, 9.17) is 0 Å². The van der Waals surface area contributed by atoms with Crippen LogP contribution in [-0.4, -0.2) is 28.1 Å². The lowest BCUT2D eigenvalue weighted by Crippen LogP contribution is -2.21. The topological polar surface area (TPSA) is 134 Å². The van der Waals surface area contributed by atoms with E-state index in [-0.39, 0.29) is 28.3 Å². The highest BCUT2D eigenvalue weighted by Crippen LogP contribution is 2.32. The smallest absolute Gasteiger partial charge is 0.273 e. The molecule has 3 N–H and O–H groups in total. The number of halogens is 2. The highest BCUT2D eigenvalue weighted by atomic mass is 79.9. The molecule has 0 heterocycles. The van der Waals surface area contributed by atoms with Gasteiger partial charge >= 0.3 is 0 Å². The second-order valence-corrected chi connectivity index (χ2v) is 8.50. The Hall–Kier alpha value is -3.57. The van der Waals surface area contributed by atoms with E-state index in [1.54, 1.807) is 37.3 Å². The fourth-order valence-electron chi connectivity index (χ4n) is 2.87. The number of nitro groups is 1. The molecule has 0 spiro atoms. The molecule has 3 rings (SSSR count). The van der Waals surface area contributed by atoms with Crippen LogP contribution in [0.4, 0.5) is 11.4 Å². The average molecular weight is 576 g/mol. The number of benzene rings is 3. The van der Waals surface area contributed by atoms with Gasteiger partial charge in [-0.05, 0) is 80.7 Å². The lowest BCUT2D eigenvalue weighted by Gasteiger charge is -2.10. The summed E-state index contributed by atoms with van der Waals surface area (Å²) in [6.45, 7) is 1.54. The van der Waals surface area contributed by atoms with Gasteiger partial charge in [0.25, 0.3) is 17.5 Å². The van der Waals surface area contributed by atoms with Gasteiger partial charge in [0, 0.05) is 17.2 Å². The first-order chi connectivity index (χ1) is 15.7. The third-order valence-corrected chi connectivity index (χ3v) is 5.70. The van der Waals surface area contributed by atoms with Crippen LogP contribution >= 0.6 is 31.9 Å². The number of phenols is 1. The van der Waals surface area contributed by atoms with Crippen molar-refractivity contribution in [2.75, 3.05) is 5.32 Å². The molecular formula is C22H16Br2N4O5. The Morgan fingerprint density at radius 2 is 1.73 bits per heavy atom. The summed E-state index contributed by atoms with van der Waals surface area (Å²) in [6.07, 6.45) is 1.40. The third kappa shape index (κ3) is 5.82. The molecule has 0 fully saturated rings. The number of rotatable bonds is 6. The first kappa shape index (κ1) is 24.1. The normalized spacial score (nSPS) is 10.8. The van der Waals surface area contributed by atoms with Gasteiger partial charge in [0.1, 0.15) is 5.75 Å². The van der Waals surface area contributed by atoms with Crippen molar-refractivity contribution in [1.29, 1.82) is 0 Å². The first-order valence-electron chi connectivity index (χ1n) is 9.34. The number of aromatic hydroxyl groups is 1. The van der Waals surface area contributed by atoms with Crippen LogP contribution in [0.15, 0.2) is 68.6 Å². The Morgan fingerprint density at radius 3 is 2.36 bits per heavy atom. The van der Waals surface area contributed by atoms with Crippen LogP contribution in [0.3, 0.4) is 0 Å². The highest BCUT2D eigenvalue weighted by molar-refractivity contribution is 9.11. The quantitative estimate of drug-likeness (QED) is 0.212. The van der Waals surface area contributed by atoms with Crippen molar-refractivity contribution in [3.05, 3.63) is 95.9 Å². The minimum Gasteiger partial charge on any atom is -0.506 e. The largest absolute Gasteiger partial charge is 0.506 e. The number of aryl methyl sites for hydroxylation is 1. The first-order valence-corrected chi connectivity index (χ1v) is 10.9. The minimum absolute atomic E-state index is 0.0454. The predicted molar refractivity (Wildman–Crippen MR) is 131 cm³/mol. The number of phenolic OH excluding ortho intramolecular Hbond substituents is 1. The van der Waals surface area contributed by atoms with Crippen LogP contribution in [-0.2, 0) is 0 Å². The summed E-state index contributed by atoms with van der Waals surface area (Å²) in [5.74, 6) is -1.03. The lowest BCUT2D eigenvalue weighted by atomic mass is 10.1. The van der Waals surface area contributed by atoms with Crippen molar-refractivity contribution >= 4 is 61.3 Å². The van der Waals surface area contributed by atoms with E-state index in [0.717, 1.165) is 0 Å². The van der Waals surface area contributed by atoms with E-state index in [9.17, 15) is 24.8 Å². The maximum absolute atomic E-state index is 12.6. The van der Waals surface area contributed by atoms with Crippen molar-refractivity contribution in [3.8, 4) is 5.75 Å². The summed E-state index contributed by atoms with van der Waals surface area (Å²) >= 11 is 6.44. The summed E-state index contributed by atoms with van der Waals surface area (Å²) in [5.41, 5.74) is 3.91. The highest BCUT2D eigenvalue weighted by Gasteiger charge is 2.17. The van der Waals surface area contributed by atoms with Crippen molar-refractivity contribution in [3.63, 3.8) is 0 Å². The summed E-state index contributed by atoms with van der Waals surface area (Å²) in [6, 6.07) is 13.6. The van der Waals surface area contributed by atoms with E-state index in [1.807, 2.05) is 0 Å². The number of anilines is 1. The van der Waals surface area contributed by atoms with E-state index in [0.29, 0.717) is 20.1 Å². The molecule has 0 bridgehead atoms. The Morgan fingerprint density at radius 1 is 1.06 bits per heavy atom. The zero-order valence-electron chi connectivity index (χ0n) is 17.0. The molecule has 0 unspecified atom stereocenters. The molecule has 2 amide bonds. The standard InChI is InChI=1S/C22H16Br2N4O5/c1-12-8-14(6-7-19(12)28(32)33)21(30)26-18-5-3-2-4-15(18)22(31)27-25-11-13-9-16(23)20(29)17(24)10-13/h2-11,29H,1H3,(H,26,30)(H,27,31)/b25-11+. The number of para-hydroxylation sites is 1. The Bertz CT molecular complexity index is 1270. The van der Waals surface area contributed by atoms with E-state index in [2.05, 4.69) is 47.7 Å². The monoisotopic (exact) mass is 574 g/mol. The molecule has 168 valence electrons. The van der Waals surface area contributed by atoms with Crippen molar-refractivity contribution in [2.24, 2.45) is 5.10 Å². The van der Waals surface area contributed by atoms with Crippen molar-refractivity contribution in [2.45, 2.75) is 6.92 Å². The fraction of sp³-hybridized carbons (Fsp3) is 0.0455. The summed E-state index contributed by atoms with van der Waals surface area (Å²) < 4.78 is 0.915. The Balaban J connectivity index is 1.74. The Labute approximate surface area is 204 Å². The molecular weight excluding hydrogens is 560 g/mol. The predicted octanol–water partition coefficient (Wildman–Crippen LogP) is 5.15. The second-order valence-electron chi connectivity index (χ2n) is 6.79. The number of carbonyl (C=O) groups is 2. The molecule has 0 saturated heterocycles. The number of nitrogens with one attached hydrogen (secondary N) is 2. The summed E-state index contributed by atoms with van der Waals surface area (Å²) in [5, 5.41) is 27.3. The van der Waals surface area contributed by atoms with Crippen LogP contribution in [0.25, 0.3) is 0 Å². The molecule has 3 aromatic carbocycles. The lowest BCUT2D eigenvalue weighted by molar-refractivity contribution is -0.385.